The van der Waals surface area contributed by atoms with Gasteiger partial charge >= 0.3 is 12.5 Å². The van der Waals surface area contributed by atoms with Gasteiger partial charge in [0.05, 0.1) is 17.7 Å². The minimum atomic E-state index is -4.90. The fourth-order valence-corrected chi connectivity index (χ4v) is 5.55. The van der Waals surface area contributed by atoms with Gasteiger partial charge in [-0.05, 0) is 62.8 Å². The quantitative estimate of drug-likeness (QED) is 0.278. The molecule has 48 heavy (non-hydrogen) atoms. The highest BCUT2D eigenvalue weighted by Crippen LogP contribution is 2.38. The maximum Gasteiger partial charge on any atom is 0.573 e. The summed E-state index contributed by atoms with van der Waals surface area (Å²) in [6, 6.07) is 9.78. The van der Waals surface area contributed by atoms with E-state index >= 15 is 0 Å². The molecule has 3 aromatic rings. The number of likely N-dealkylation sites (tertiary alicyclic amines) is 1. The van der Waals surface area contributed by atoms with Gasteiger partial charge in [0.1, 0.15) is 11.4 Å². The van der Waals surface area contributed by atoms with Crippen molar-refractivity contribution in [1.82, 2.24) is 19.7 Å². The Morgan fingerprint density at radius 3 is 2.35 bits per heavy atom. The van der Waals surface area contributed by atoms with Crippen LogP contribution in [0.4, 0.5) is 18.0 Å². The molecular formula is C34H43F3N4O7. The smallest absolute Gasteiger partial charge is 0.483 e. The van der Waals surface area contributed by atoms with Crippen LogP contribution in [0.15, 0.2) is 42.6 Å². The molecule has 0 saturated carbocycles. The molecule has 14 heteroatoms. The van der Waals surface area contributed by atoms with Gasteiger partial charge in [0, 0.05) is 59.0 Å². The molecule has 2 aromatic carbocycles. The molecule has 1 fully saturated rings. The van der Waals surface area contributed by atoms with Crippen molar-refractivity contribution in [3.05, 3.63) is 59.3 Å². The number of methoxy groups -OCH3 is 1. The van der Waals surface area contributed by atoms with Gasteiger partial charge < -0.3 is 38.6 Å². The third-order valence-electron chi connectivity index (χ3n) is 7.84. The van der Waals surface area contributed by atoms with E-state index in [4.69, 9.17) is 14.2 Å². The van der Waals surface area contributed by atoms with E-state index in [-0.39, 0.29) is 55.1 Å². The molecule has 1 aliphatic rings. The summed E-state index contributed by atoms with van der Waals surface area (Å²) in [6.07, 6.45) is -2.76. The van der Waals surface area contributed by atoms with Gasteiger partial charge in [0.15, 0.2) is 12.4 Å². The minimum Gasteiger partial charge on any atom is -0.483 e. The number of halogens is 3. The van der Waals surface area contributed by atoms with Gasteiger partial charge in [-0.15, -0.1) is 13.2 Å². The summed E-state index contributed by atoms with van der Waals surface area (Å²) in [5, 5.41) is 3.11. The number of alkyl carbamates (subject to hydrolysis) is 1. The SMILES string of the molecule is COCCn1cc(C(=O)N2CCC(c3cc(CNC(=O)OC(C)(C)C)ccc3OCC(=O)N(C)C)CC2)c2cccc(OC(F)(F)F)c21. The van der Waals surface area contributed by atoms with E-state index in [2.05, 4.69) is 10.1 Å². The number of benzene rings is 2. The van der Waals surface area contributed by atoms with E-state index in [1.807, 2.05) is 12.1 Å². The predicted octanol–water partition coefficient (Wildman–Crippen LogP) is 5.70. The molecule has 2 heterocycles. The van der Waals surface area contributed by atoms with Gasteiger partial charge in [-0.3, -0.25) is 9.59 Å². The number of ether oxygens (including phenoxy) is 4. The second kappa shape index (κ2) is 15.2. The lowest BCUT2D eigenvalue weighted by molar-refractivity contribution is -0.274. The lowest BCUT2D eigenvalue weighted by Crippen LogP contribution is -2.38. The van der Waals surface area contributed by atoms with Crippen molar-refractivity contribution in [2.75, 3.05) is 47.5 Å². The number of likely N-dealkylation sites (N-methyl/N-ethyl adjacent to an activating group) is 1. The summed E-state index contributed by atoms with van der Waals surface area (Å²) in [6.45, 7) is 6.60. The number of amides is 3. The van der Waals surface area contributed by atoms with Crippen molar-refractivity contribution in [2.24, 2.45) is 0 Å². The van der Waals surface area contributed by atoms with Gasteiger partial charge in [-0.25, -0.2) is 4.79 Å². The van der Waals surface area contributed by atoms with Crippen LogP contribution in [0, 0.1) is 0 Å². The van der Waals surface area contributed by atoms with Crippen LogP contribution in [0.25, 0.3) is 10.9 Å². The van der Waals surface area contributed by atoms with Gasteiger partial charge in [-0.2, -0.15) is 0 Å². The Labute approximate surface area is 277 Å². The first-order valence-electron chi connectivity index (χ1n) is 15.6. The number of nitrogens with one attached hydrogen (secondary N) is 1. The Balaban J connectivity index is 1.55. The number of carbonyl (C=O) groups excluding carboxylic acids is 3. The lowest BCUT2D eigenvalue weighted by Gasteiger charge is -2.33. The zero-order valence-electron chi connectivity index (χ0n) is 28.1. The second-order valence-corrected chi connectivity index (χ2v) is 12.8. The third kappa shape index (κ3) is 9.55. The first kappa shape index (κ1) is 36.4. The number of alkyl halides is 3. The van der Waals surface area contributed by atoms with E-state index in [1.54, 1.807) is 62.7 Å². The maximum atomic E-state index is 13.9. The average Bonchev–Trinajstić information content (AvgIpc) is 3.39. The molecule has 1 saturated heterocycles. The lowest BCUT2D eigenvalue weighted by atomic mass is 9.87. The summed E-state index contributed by atoms with van der Waals surface area (Å²) in [5.41, 5.74) is 1.45. The number of hydrogen-bond acceptors (Lipinski definition) is 7. The van der Waals surface area contributed by atoms with Crippen molar-refractivity contribution >= 4 is 28.8 Å². The van der Waals surface area contributed by atoms with Crippen molar-refractivity contribution in [3.8, 4) is 11.5 Å². The van der Waals surface area contributed by atoms with Gasteiger partial charge in [0.2, 0.25) is 0 Å². The summed E-state index contributed by atoms with van der Waals surface area (Å²) in [5.74, 6) is -0.396. The van der Waals surface area contributed by atoms with Crippen molar-refractivity contribution in [1.29, 1.82) is 0 Å². The van der Waals surface area contributed by atoms with Crippen LogP contribution in [0.2, 0.25) is 0 Å². The third-order valence-corrected chi connectivity index (χ3v) is 7.84. The van der Waals surface area contributed by atoms with Crippen LogP contribution in [0.1, 0.15) is 61.0 Å². The zero-order valence-corrected chi connectivity index (χ0v) is 28.1. The summed E-state index contributed by atoms with van der Waals surface area (Å²) < 4.78 is 61.9. The maximum absolute atomic E-state index is 13.9. The molecule has 1 aliphatic heterocycles. The topological polar surface area (TPSA) is 112 Å². The average molecular weight is 677 g/mol. The highest BCUT2D eigenvalue weighted by atomic mass is 19.4. The van der Waals surface area contributed by atoms with Crippen LogP contribution >= 0.6 is 0 Å². The number of hydrogen-bond donors (Lipinski definition) is 1. The Hall–Kier alpha value is -4.46. The fourth-order valence-electron chi connectivity index (χ4n) is 5.55. The van der Waals surface area contributed by atoms with Crippen LogP contribution < -0.4 is 14.8 Å². The summed E-state index contributed by atoms with van der Waals surface area (Å²) in [7, 11) is 4.77. The molecule has 4 rings (SSSR count). The number of nitrogens with zero attached hydrogens (tertiary/aromatic N) is 3. The Morgan fingerprint density at radius 2 is 1.73 bits per heavy atom. The number of para-hydroxylation sites is 1. The molecule has 0 radical (unpaired) electrons. The molecule has 11 nitrogen and oxygen atoms in total. The first-order chi connectivity index (χ1) is 22.6. The number of fused-ring (bicyclic) bond motifs is 1. The van der Waals surface area contributed by atoms with Crippen LogP contribution in [0.5, 0.6) is 11.5 Å². The monoisotopic (exact) mass is 676 g/mol. The van der Waals surface area contributed by atoms with E-state index in [1.165, 1.54) is 24.1 Å². The molecule has 1 N–H and O–H groups in total. The first-order valence-corrected chi connectivity index (χ1v) is 15.6. The molecule has 3 amide bonds. The van der Waals surface area contributed by atoms with Crippen LogP contribution in [0.3, 0.4) is 0 Å². The van der Waals surface area contributed by atoms with Crippen LogP contribution in [-0.2, 0) is 27.4 Å². The largest absolute Gasteiger partial charge is 0.573 e. The van der Waals surface area contributed by atoms with Crippen molar-refractivity contribution < 1.29 is 46.5 Å². The van der Waals surface area contributed by atoms with E-state index in [0.29, 0.717) is 37.1 Å². The highest BCUT2D eigenvalue weighted by Gasteiger charge is 2.34. The second-order valence-electron chi connectivity index (χ2n) is 12.8. The molecule has 0 atom stereocenters. The molecule has 1 aromatic heterocycles. The standard InChI is InChI=1S/C34H43F3N4O7/c1-33(2,3)48-32(44)38-19-22-10-11-27(46-21-29(42)39(4)5)25(18-22)23-12-14-40(15-13-23)31(43)26-20-41(16-17-45-6)30-24(26)8-7-9-28(30)47-34(35,36)37/h7-11,18,20,23H,12-17,19,21H2,1-6H3,(H,38,44). The normalized spacial score (nSPS) is 14.1. The Morgan fingerprint density at radius 1 is 1.02 bits per heavy atom. The summed E-state index contributed by atoms with van der Waals surface area (Å²) in [4.78, 5) is 41.5. The number of aromatic nitrogens is 1. The van der Waals surface area contributed by atoms with Crippen LogP contribution in [-0.4, -0.2) is 91.7 Å². The summed E-state index contributed by atoms with van der Waals surface area (Å²) >= 11 is 0. The number of carbonyl (C=O) groups is 3. The van der Waals surface area contributed by atoms with E-state index < -0.39 is 23.8 Å². The molecule has 0 spiro atoms. The molecular weight excluding hydrogens is 633 g/mol. The molecule has 0 bridgehead atoms. The number of rotatable bonds is 11. The molecule has 0 aliphatic carbocycles. The van der Waals surface area contributed by atoms with Gasteiger partial charge in [-0.1, -0.05) is 24.3 Å². The predicted molar refractivity (Wildman–Crippen MR) is 172 cm³/mol. The van der Waals surface area contributed by atoms with Gasteiger partial charge in [0.25, 0.3) is 11.8 Å². The zero-order chi connectivity index (χ0) is 35.2. The molecule has 0 unspecified atom stereocenters. The Bertz CT molecular complexity index is 1610. The van der Waals surface area contributed by atoms with E-state index in [9.17, 15) is 27.6 Å². The van der Waals surface area contributed by atoms with E-state index in [0.717, 1.165) is 11.1 Å². The number of piperidine rings is 1. The van der Waals surface area contributed by atoms with Crippen molar-refractivity contribution in [3.63, 3.8) is 0 Å². The highest BCUT2D eigenvalue weighted by molar-refractivity contribution is 6.08. The van der Waals surface area contributed by atoms with Crippen molar-refractivity contribution in [2.45, 2.75) is 64.6 Å². The Kier molecular flexibility index (Phi) is 11.5. The fraction of sp³-hybridized carbons (Fsp3) is 0.500. The minimum absolute atomic E-state index is 0.0326. The molecule has 262 valence electrons.